The lowest BCUT2D eigenvalue weighted by atomic mass is 10.0. The summed E-state index contributed by atoms with van der Waals surface area (Å²) in [6.45, 7) is 6.26. The van der Waals surface area contributed by atoms with E-state index in [4.69, 9.17) is 5.11 Å². The van der Waals surface area contributed by atoms with Gasteiger partial charge in [0.2, 0.25) is 0 Å². The number of rotatable bonds is 4. The van der Waals surface area contributed by atoms with Crippen LogP contribution in [-0.2, 0) is 6.61 Å². The van der Waals surface area contributed by atoms with Crippen LogP contribution in [0.25, 0.3) is 0 Å². The Morgan fingerprint density at radius 1 is 1.28 bits per heavy atom. The standard InChI is InChI=1S/C13H21NO3.ClH/c1-13(2,3)14-7-12(17)9-4-5-11(16)10(6-9)8-15;/h4-6,12,14-17H,7-8H2,1-3H3;1H/t12-;/m1./s1. The van der Waals surface area contributed by atoms with Crippen molar-refractivity contribution in [1.29, 1.82) is 0 Å². The predicted molar refractivity (Wildman–Crippen MR) is 74.0 cm³/mol. The number of hydrogen-bond donors (Lipinski definition) is 4. The zero-order valence-electron chi connectivity index (χ0n) is 11.0. The molecule has 0 aliphatic carbocycles. The van der Waals surface area contributed by atoms with Gasteiger partial charge in [-0.3, -0.25) is 0 Å². The van der Waals surface area contributed by atoms with Crippen LogP contribution in [0.3, 0.4) is 0 Å². The lowest BCUT2D eigenvalue weighted by Gasteiger charge is -2.23. The summed E-state index contributed by atoms with van der Waals surface area (Å²) in [6.07, 6.45) is -0.653. The second-order valence-electron chi connectivity index (χ2n) is 5.19. The molecule has 0 saturated carbocycles. The lowest BCUT2D eigenvalue weighted by molar-refractivity contribution is 0.163. The summed E-state index contributed by atoms with van der Waals surface area (Å²) in [5.74, 6) is 0.0484. The molecule has 0 bridgehead atoms. The highest BCUT2D eigenvalue weighted by Crippen LogP contribution is 2.22. The number of halogens is 1. The second-order valence-corrected chi connectivity index (χ2v) is 5.19. The van der Waals surface area contributed by atoms with Gasteiger partial charge in [0.1, 0.15) is 5.75 Å². The molecule has 5 heteroatoms. The summed E-state index contributed by atoms with van der Waals surface area (Å²) in [5, 5.41) is 31.6. The van der Waals surface area contributed by atoms with E-state index in [0.717, 1.165) is 0 Å². The molecule has 0 aromatic heterocycles. The fourth-order valence-electron chi connectivity index (χ4n) is 1.46. The van der Waals surface area contributed by atoms with E-state index < -0.39 is 6.10 Å². The molecule has 1 rings (SSSR count). The zero-order chi connectivity index (χ0) is 13.1. The summed E-state index contributed by atoms with van der Waals surface area (Å²) in [6, 6.07) is 4.76. The zero-order valence-corrected chi connectivity index (χ0v) is 11.8. The summed E-state index contributed by atoms with van der Waals surface area (Å²) in [5.41, 5.74) is 1.05. The fraction of sp³-hybridized carbons (Fsp3) is 0.538. The van der Waals surface area contributed by atoms with Gasteiger partial charge in [0.15, 0.2) is 0 Å². The fourth-order valence-corrected chi connectivity index (χ4v) is 1.46. The highest BCUT2D eigenvalue weighted by molar-refractivity contribution is 5.85. The highest BCUT2D eigenvalue weighted by atomic mass is 35.5. The van der Waals surface area contributed by atoms with Crippen LogP contribution < -0.4 is 5.32 Å². The minimum absolute atomic E-state index is 0. The molecule has 0 spiro atoms. The van der Waals surface area contributed by atoms with Crippen molar-refractivity contribution in [3.05, 3.63) is 29.3 Å². The van der Waals surface area contributed by atoms with Crippen LogP contribution >= 0.6 is 12.4 Å². The molecular weight excluding hydrogens is 254 g/mol. The third-order valence-electron chi connectivity index (χ3n) is 2.48. The average Bonchev–Trinajstić information content (AvgIpc) is 2.25. The molecule has 4 nitrogen and oxygen atoms in total. The SMILES string of the molecule is CC(C)(C)NC[C@@H](O)c1ccc(O)c(CO)c1.Cl. The molecule has 0 saturated heterocycles. The third-order valence-corrected chi connectivity index (χ3v) is 2.48. The Kier molecular flexibility index (Phi) is 6.63. The minimum Gasteiger partial charge on any atom is -0.508 e. The third kappa shape index (κ3) is 5.23. The summed E-state index contributed by atoms with van der Waals surface area (Å²) < 4.78 is 0. The number of hydrogen-bond acceptors (Lipinski definition) is 4. The van der Waals surface area contributed by atoms with Crippen molar-refractivity contribution in [2.45, 2.75) is 39.0 Å². The van der Waals surface area contributed by atoms with Gasteiger partial charge in [-0.05, 0) is 38.5 Å². The molecule has 1 aromatic carbocycles. The maximum atomic E-state index is 9.97. The monoisotopic (exact) mass is 275 g/mol. The van der Waals surface area contributed by atoms with Crippen LogP contribution in [0.2, 0.25) is 0 Å². The molecule has 0 aliphatic rings. The van der Waals surface area contributed by atoms with Gasteiger partial charge >= 0.3 is 0 Å². The average molecular weight is 276 g/mol. The molecule has 1 aromatic rings. The van der Waals surface area contributed by atoms with Gasteiger partial charge in [0.25, 0.3) is 0 Å². The van der Waals surface area contributed by atoms with E-state index in [-0.39, 0.29) is 30.3 Å². The molecular formula is C13H22ClNO3. The molecule has 104 valence electrons. The van der Waals surface area contributed by atoms with Gasteiger partial charge in [-0.2, -0.15) is 0 Å². The van der Waals surface area contributed by atoms with E-state index in [1.807, 2.05) is 20.8 Å². The van der Waals surface area contributed by atoms with Gasteiger partial charge in [0, 0.05) is 17.6 Å². The number of aliphatic hydroxyl groups is 2. The smallest absolute Gasteiger partial charge is 0.121 e. The van der Waals surface area contributed by atoms with Gasteiger partial charge in [0.05, 0.1) is 12.7 Å². The Morgan fingerprint density at radius 3 is 2.39 bits per heavy atom. The van der Waals surface area contributed by atoms with Crippen LogP contribution in [0, 0.1) is 0 Å². The van der Waals surface area contributed by atoms with Gasteiger partial charge in [-0.15, -0.1) is 12.4 Å². The number of β-amino-alcohol motifs (C(OH)–C–C–N with tert-alkyl or cyclic N) is 1. The molecule has 0 heterocycles. The Labute approximate surface area is 114 Å². The molecule has 0 amide bonds. The number of phenols is 1. The predicted octanol–water partition coefficient (Wildman–Crippen LogP) is 1.73. The number of nitrogens with one attached hydrogen (secondary N) is 1. The summed E-state index contributed by atoms with van der Waals surface area (Å²) in [4.78, 5) is 0. The molecule has 18 heavy (non-hydrogen) atoms. The van der Waals surface area contributed by atoms with Crippen molar-refractivity contribution in [2.24, 2.45) is 0 Å². The van der Waals surface area contributed by atoms with Crippen LogP contribution in [0.1, 0.15) is 38.0 Å². The summed E-state index contributed by atoms with van der Waals surface area (Å²) >= 11 is 0. The van der Waals surface area contributed by atoms with E-state index >= 15 is 0 Å². The molecule has 0 fully saturated rings. The Bertz CT molecular complexity index is 377. The van der Waals surface area contributed by atoms with E-state index in [2.05, 4.69) is 5.32 Å². The lowest BCUT2D eigenvalue weighted by Crippen LogP contribution is -2.38. The first-order valence-corrected chi connectivity index (χ1v) is 5.69. The molecule has 0 radical (unpaired) electrons. The van der Waals surface area contributed by atoms with Crippen molar-refractivity contribution >= 4 is 12.4 Å². The van der Waals surface area contributed by atoms with Gasteiger partial charge < -0.3 is 20.6 Å². The van der Waals surface area contributed by atoms with Crippen molar-refractivity contribution in [2.75, 3.05) is 6.54 Å². The van der Waals surface area contributed by atoms with Crippen molar-refractivity contribution < 1.29 is 15.3 Å². The first kappa shape index (κ1) is 17.2. The molecule has 0 aliphatic heterocycles. The maximum Gasteiger partial charge on any atom is 0.121 e. The quantitative estimate of drug-likeness (QED) is 0.675. The number of benzene rings is 1. The van der Waals surface area contributed by atoms with E-state index in [1.165, 1.54) is 6.07 Å². The number of aromatic hydroxyl groups is 1. The summed E-state index contributed by atoms with van der Waals surface area (Å²) in [7, 11) is 0. The van der Waals surface area contributed by atoms with Crippen LogP contribution in [0.5, 0.6) is 5.75 Å². The second kappa shape index (κ2) is 6.95. The van der Waals surface area contributed by atoms with Gasteiger partial charge in [-0.25, -0.2) is 0 Å². The van der Waals surface area contributed by atoms with Crippen LogP contribution in [-0.4, -0.2) is 27.4 Å². The number of aliphatic hydroxyl groups excluding tert-OH is 2. The van der Waals surface area contributed by atoms with Gasteiger partial charge in [-0.1, -0.05) is 6.07 Å². The largest absolute Gasteiger partial charge is 0.508 e. The molecule has 4 N–H and O–H groups in total. The Morgan fingerprint density at radius 2 is 1.89 bits per heavy atom. The van der Waals surface area contributed by atoms with Crippen molar-refractivity contribution in [3.63, 3.8) is 0 Å². The normalized spacial score (nSPS) is 12.9. The van der Waals surface area contributed by atoms with E-state index in [9.17, 15) is 10.2 Å². The van der Waals surface area contributed by atoms with E-state index in [0.29, 0.717) is 17.7 Å². The topological polar surface area (TPSA) is 72.7 Å². The highest BCUT2D eigenvalue weighted by Gasteiger charge is 2.14. The Balaban J connectivity index is 0.00000289. The molecule has 0 unspecified atom stereocenters. The first-order valence-electron chi connectivity index (χ1n) is 5.69. The molecule has 1 atom stereocenters. The Hall–Kier alpha value is -0.810. The van der Waals surface area contributed by atoms with E-state index in [1.54, 1.807) is 12.1 Å². The maximum absolute atomic E-state index is 9.97. The van der Waals surface area contributed by atoms with Crippen LogP contribution in [0.15, 0.2) is 18.2 Å². The van der Waals surface area contributed by atoms with Crippen LogP contribution in [0.4, 0.5) is 0 Å². The first-order chi connectivity index (χ1) is 7.83. The van der Waals surface area contributed by atoms with Crippen molar-refractivity contribution in [1.82, 2.24) is 5.32 Å². The van der Waals surface area contributed by atoms with Crippen molar-refractivity contribution in [3.8, 4) is 5.75 Å². The minimum atomic E-state index is -0.653.